The molecule has 1 aliphatic rings. The van der Waals surface area contributed by atoms with E-state index in [0.717, 1.165) is 44.2 Å². The predicted octanol–water partition coefficient (Wildman–Crippen LogP) is -0.301. The number of nitrogens with one attached hydrogen (secondary N) is 4. The van der Waals surface area contributed by atoms with Gasteiger partial charge in [-0.25, -0.2) is 4.57 Å². The first-order valence-electron chi connectivity index (χ1n) is 8.73. The molecule has 4 aromatic rings. The Bertz CT molecular complexity index is 1230. The summed E-state index contributed by atoms with van der Waals surface area (Å²) in [5.74, 6) is 0. The fraction of sp³-hybridized carbons (Fsp3) is 0. The summed E-state index contributed by atoms with van der Waals surface area (Å²) in [5, 5.41) is 4.29. The first-order chi connectivity index (χ1) is 13.8. The van der Waals surface area contributed by atoms with Crippen molar-refractivity contribution < 1.29 is 19.2 Å². The molecule has 0 radical (unpaired) electrons. The Morgan fingerprint density at radius 1 is 0.483 bits per heavy atom. The van der Waals surface area contributed by atoms with Crippen molar-refractivity contribution >= 4 is 32.1 Å². The van der Waals surface area contributed by atoms with Crippen molar-refractivity contribution in [3.8, 4) is 0 Å². The van der Waals surface area contributed by atoms with Crippen LogP contribution < -0.4 is 21.4 Å². The third kappa shape index (κ3) is 5.37. The lowest BCUT2D eigenvalue weighted by Crippen LogP contribution is -2.10. The minimum Gasteiger partial charge on any atom is -0.355 e. The lowest BCUT2D eigenvalue weighted by atomic mass is 10.3. The average Bonchev–Trinajstić information content (AvgIpc) is 3.38. The highest BCUT2D eigenvalue weighted by molar-refractivity contribution is 7.45. The van der Waals surface area contributed by atoms with Gasteiger partial charge in [0.25, 0.3) is 0 Å². The van der Waals surface area contributed by atoms with Crippen LogP contribution in [0.15, 0.2) is 48.5 Å². The molecule has 0 saturated heterocycles. The lowest BCUT2D eigenvalue weighted by Gasteiger charge is -1.88. The van der Waals surface area contributed by atoms with Gasteiger partial charge in [0.15, 0.2) is 0 Å². The molecular weight excluding hydrogens is 391 g/mol. The van der Waals surface area contributed by atoms with Gasteiger partial charge in [0.1, 0.15) is 0 Å². The zero-order valence-corrected chi connectivity index (χ0v) is 16.0. The fourth-order valence-corrected chi connectivity index (χ4v) is 3.06. The highest BCUT2D eigenvalue weighted by Gasteiger charge is 2.00. The van der Waals surface area contributed by atoms with Gasteiger partial charge in [-0.05, 0) is 72.8 Å². The molecule has 0 spiro atoms. The van der Waals surface area contributed by atoms with E-state index in [-0.39, 0.29) is 0 Å². The Morgan fingerprint density at radius 2 is 0.724 bits per heavy atom. The lowest BCUT2D eigenvalue weighted by molar-refractivity contribution is 0.275. The average molecular weight is 410 g/mol. The highest BCUT2D eigenvalue weighted by Crippen LogP contribution is 2.25. The monoisotopic (exact) mass is 410 g/mol. The quantitative estimate of drug-likeness (QED) is 0.176. The Kier molecular flexibility index (Phi) is 5.00. The molecule has 0 fully saturated rings. The van der Waals surface area contributed by atoms with Crippen LogP contribution in [0.25, 0.3) is 24.3 Å². The zero-order chi connectivity index (χ0) is 20.4. The first kappa shape index (κ1) is 19.0. The summed E-state index contributed by atoms with van der Waals surface area (Å²) in [5.41, 5.74) is 4.29. The van der Waals surface area contributed by atoms with Crippen molar-refractivity contribution in [3.05, 3.63) is 92.7 Å². The minimum absolute atomic E-state index is 1.07. The number of rotatable bonds is 0. The molecule has 0 unspecified atom stereocenters. The van der Waals surface area contributed by atoms with E-state index in [1.807, 2.05) is 0 Å². The Morgan fingerprint density at radius 3 is 0.966 bits per heavy atom. The zero-order valence-electron chi connectivity index (χ0n) is 15.1. The molecule has 7 N–H and O–H groups in total. The molecule has 4 aromatic heterocycles. The van der Waals surface area contributed by atoms with E-state index in [1.165, 1.54) is 0 Å². The van der Waals surface area contributed by atoms with E-state index in [2.05, 4.69) is 92.8 Å². The molecule has 0 aromatic carbocycles. The van der Waals surface area contributed by atoms with Crippen LogP contribution in [0.5, 0.6) is 0 Å². The van der Waals surface area contributed by atoms with Gasteiger partial charge in [-0.2, -0.15) is 0 Å². The van der Waals surface area contributed by atoms with Gasteiger partial charge >= 0.3 is 7.82 Å². The predicted molar refractivity (Wildman–Crippen MR) is 110 cm³/mol. The summed E-state index contributed by atoms with van der Waals surface area (Å²) in [6.07, 6.45) is 8.42. The maximum Gasteiger partial charge on any atom is 0.466 e. The van der Waals surface area contributed by atoms with Gasteiger partial charge in [0.2, 0.25) is 0 Å². The first-order valence-corrected chi connectivity index (χ1v) is 10.3. The standard InChI is InChI=1S/C20H16N4.H3O4P/c1-2-14-10-16-5-6-18(23-16)12-20-8-7-19(24-20)11-17-4-3-15(22-17)9-13(1)21-14;1-5(2,3)4/h1-12,21-24H;(H3,1,2,3,4). The number of hydrogen-bond donors (Lipinski definition) is 7. The molecule has 148 valence electrons. The number of aromatic amines is 4. The molecule has 8 nitrogen and oxygen atoms in total. The highest BCUT2D eigenvalue weighted by atomic mass is 31.2. The van der Waals surface area contributed by atoms with Gasteiger partial charge in [-0.15, -0.1) is 0 Å². The topological polar surface area (TPSA) is 141 Å². The minimum atomic E-state index is -4.64. The second-order valence-electron chi connectivity index (χ2n) is 6.57. The van der Waals surface area contributed by atoms with E-state index in [9.17, 15) is 0 Å². The van der Waals surface area contributed by atoms with E-state index in [1.54, 1.807) is 0 Å². The maximum atomic E-state index is 8.88. The molecule has 0 aliphatic carbocycles. The molecule has 1 aliphatic heterocycles. The summed E-state index contributed by atoms with van der Waals surface area (Å²) < 4.78 is 8.88. The number of H-pyrrole nitrogens is 4. The Balaban J connectivity index is 0.000000369. The van der Waals surface area contributed by atoms with E-state index >= 15 is 0 Å². The van der Waals surface area contributed by atoms with E-state index in [4.69, 9.17) is 19.2 Å². The van der Waals surface area contributed by atoms with Gasteiger partial charge in [0, 0.05) is 44.2 Å². The molecule has 0 amide bonds. The van der Waals surface area contributed by atoms with Gasteiger partial charge < -0.3 is 34.6 Å². The summed E-state index contributed by atoms with van der Waals surface area (Å²) in [6, 6.07) is 16.7. The number of aromatic nitrogens is 4. The van der Waals surface area contributed by atoms with Crippen molar-refractivity contribution in [2.45, 2.75) is 0 Å². The third-order valence-corrected chi connectivity index (χ3v) is 4.17. The van der Waals surface area contributed by atoms with Crippen LogP contribution in [0.3, 0.4) is 0 Å². The molecule has 0 saturated carbocycles. The SMILES string of the molecule is C1=c2ccc([nH]2)=Cc2ccc([nH]2)C=c2ccc([nH]2)=Cc2ccc1[nH]2.O=P(O)(O)O. The Hall–Kier alpha value is -3.29. The van der Waals surface area contributed by atoms with Crippen molar-refractivity contribution in [1.29, 1.82) is 0 Å². The van der Waals surface area contributed by atoms with Crippen LogP contribution in [-0.4, -0.2) is 34.6 Å². The second-order valence-corrected chi connectivity index (χ2v) is 7.59. The van der Waals surface area contributed by atoms with Crippen LogP contribution >= 0.6 is 7.82 Å². The molecular formula is C20H19N4O4P. The van der Waals surface area contributed by atoms with Crippen LogP contribution in [-0.2, 0) is 4.57 Å². The molecule has 29 heavy (non-hydrogen) atoms. The van der Waals surface area contributed by atoms with Crippen molar-refractivity contribution in [3.63, 3.8) is 0 Å². The molecule has 8 bridgehead atoms. The van der Waals surface area contributed by atoms with Crippen LogP contribution in [0, 0.1) is 0 Å². The van der Waals surface area contributed by atoms with Crippen molar-refractivity contribution in [2.75, 3.05) is 0 Å². The summed E-state index contributed by atoms with van der Waals surface area (Å²) in [7, 11) is -4.64. The summed E-state index contributed by atoms with van der Waals surface area (Å²) >= 11 is 0. The number of fused-ring (bicyclic) bond motifs is 8. The van der Waals surface area contributed by atoms with Crippen molar-refractivity contribution in [2.24, 2.45) is 0 Å². The molecule has 0 atom stereocenters. The van der Waals surface area contributed by atoms with Crippen LogP contribution in [0.4, 0.5) is 0 Å². The van der Waals surface area contributed by atoms with Crippen LogP contribution in [0.1, 0.15) is 22.8 Å². The van der Waals surface area contributed by atoms with Gasteiger partial charge in [-0.1, -0.05) is 0 Å². The van der Waals surface area contributed by atoms with E-state index < -0.39 is 7.82 Å². The van der Waals surface area contributed by atoms with Crippen LogP contribution in [0.2, 0.25) is 0 Å². The second kappa shape index (κ2) is 7.62. The molecule has 5 rings (SSSR count). The van der Waals surface area contributed by atoms with E-state index in [0.29, 0.717) is 0 Å². The largest absolute Gasteiger partial charge is 0.466 e. The Labute approximate surface area is 164 Å². The fourth-order valence-electron chi connectivity index (χ4n) is 3.06. The number of hydrogen-bond acceptors (Lipinski definition) is 1. The normalized spacial score (nSPS) is 12.5. The molecule has 5 heterocycles. The summed E-state index contributed by atoms with van der Waals surface area (Å²) in [6.45, 7) is 0. The van der Waals surface area contributed by atoms with Crippen molar-refractivity contribution in [1.82, 2.24) is 19.9 Å². The number of phosphoric acid groups is 1. The molecule has 9 heteroatoms. The van der Waals surface area contributed by atoms with Gasteiger partial charge in [0.05, 0.1) is 0 Å². The summed E-state index contributed by atoms with van der Waals surface area (Å²) in [4.78, 5) is 35.2. The smallest absolute Gasteiger partial charge is 0.355 e. The third-order valence-electron chi connectivity index (χ3n) is 4.17. The maximum absolute atomic E-state index is 8.88. The van der Waals surface area contributed by atoms with Gasteiger partial charge in [-0.3, -0.25) is 0 Å².